The van der Waals surface area contributed by atoms with E-state index in [0.717, 1.165) is 16.8 Å². The minimum atomic E-state index is -0.970. The molecule has 1 N–H and O–H groups in total. The molecular weight excluding hydrogens is 366 g/mol. The van der Waals surface area contributed by atoms with Crippen molar-refractivity contribution in [2.24, 2.45) is 0 Å². The molecule has 4 rings (SSSR count). The molecule has 0 saturated carbocycles. The Labute approximate surface area is 160 Å². The second-order valence-corrected chi connectivity index (χ2v) is 6.94. The molecule has 136 valence electrons. The highest BCUT2D eigenvalue weighted by Crippen LogP contribution is 2.26. The quantitative estimate of drug-likeness (QED) is 0.750. The predicted octanol–water partition coefficient (Wildman–Crippen LogP) is 3.69. The SMILES string of the molecule is Cc1nn(-c2ccc(Cl)cc2)cc1C(=O)N1Cc2ccc(C(=O)O)cc2C1. The number of carboxylic acid groups (broad SMARTS) is 1. The van der Waals surface area contributed by atoms with Gasteiger partial charge in [0.2, 0.25) is 0 Å². The molecule has 0 unspecified atom stereocenters. The zero-order valence-corrected chi connectivity index (χ0v) is 15.3. The summed E-state index contributed by atoms with van der Waals surface area (Å²) in [6, 6.07) is 12.2. The van der Waals surface area contributed by atoms with Gasteiger partial charge in [-0.3, -0.25) is 4.79 Å². The summed E-state index contributed by atoms with van der Waals surface area (Å²) in [5.41, 5.74) is 4.04. The third-order valence-electron chi connectivity index (χ3n) is 4.68. The number of hydrogen-bond donors (Lipinski definition) is 1. The Bertz CT molecular complexity index is 1060. The average Bonchev–Trinajstić information content (AvgIpc) is 3.24. The molecule has 1 aromatic heterocycles. The minimum absolute atomic E-state index is 0.124. The molecule has 1 amide bonds. The molecule has 2 heterocycles. The molecule has 27 heavy (non-hydrogen) atoms. The maximum atomic E-state index is 13.0. The number of carboxylic acids is 1. The Kier molecular flexibility index (Phi) is 4.20. The largest absolute Gasteiger partial charge is 0.478 e. The van der Waals surface area contributed by atoms with Gasteiger partial charge in [-0.1, -0.05) is 17.7 Å². The number of carbonyl (C=O) groups is 2. The highest BCUT2D eigenvalue weighted by molar-refractivity contribution is 6.30. The fourth-order valence-corrected chi connectivity index (χ4v) is 3.36. The summed E-state index contributed by atoms with van der Waals surface area (Å²) in [6.07, 6.45) is 1.71. The molecule has 0 radical (unpaired) electrons. The number of rotatable bonds is 3. The zero-order valence-electron chi connectivity index (χ0n) is 14.5. The number of benzene rings is 2. The van der Waals surface area contributed by atoms with Gasteiger partial charge in [0.25, 0.3) is 5.91 Å². The lowest BCUT2D eigenvalue weighted by Crippen LogP contribution is -2.25. The number of halogens is 1. The molecule has 0 bridgehead atoms. The van der Waals surface area contributed by atoms with E-state index in [2.05, 4.69) is 5.10 Å². The van der Waals surface area contributed by atoms with Crippen LogP contribution in [0.5, 0.6) is 0 Å². The van der Waals surface area contributed by atoms with E-state index in [4.69, 9.17) is 16.7 Å². The first-order valence-electron chi connectivity index (χ1n) is 8.39. The Morgan fingerprint density at radius 3 is 2.48 bits per heavy atom. The summed E-state index contributed by atoms with van der Waals surface area (Å²) in [7, 11) is 0. The first-order chi connectivity index (χ1) is 12.9. The number of fused-ring (bicyclic) bond motifs is 1. The number of aromatic carboxylic acids is 1. The van der Waals surface area contributed by atoms with Crippen LogP contribution in [-0.4, -0.2) is 31.7 Å². The fraction of sp³-hybridized carbons (Fsp3) is 0.150. The van der Waals surface area contributed by atoms with Crippen LogP contribution in [0.4, 0.5) is 0 Å². The molecule has 0 atom stereocenters. The Morgan fingerprint density at radius 2 is 1.78 bits per heavy atom. The van der Waals surface area contributed by atoms with Crippen LogP contribution >= 0.6 is 11.6 Å². The molecular formula is C20H16ClN3O3. The van der Waals surface area contributed by atoms with Crippen LogP contribution in [0.1, 0.15) is 37.5 Å². The van der Waals surface area contributed by atoms with Crippen LogP contribution < -0.4 is 0 Å². The number of aryl methyl sites for hydroxylation is 1. The number of hydrogen-bond acceptors (Lipinski definition) is 3. The topological polar surface area (TPSA) is 75.4 Å². The highest BCUT2D eigenvalue weighted by atomic mass is 35.5. The molecule has 0 spiro atoms. The number of aromatic nitrogens is 2. The van der Waals surface area contributed by atoms with E-state index < -0.39 is 5.97 Å². The molecule has 0 aliphatic carbocycles. The fourth-order valence-electron chi connectivity index (χ4n) is 3.24. The van der Waals surface area contributed by atoms with Gasteiger partial charge < -0.3 is 10.0 Å². The van der Waals surface area contributed by atoms with Crippen LogP contribution in [0.25, 0.3) is 5.69 Å². The minimum Gasteiger partial charge on any atom is -0.478 e. The molecule has 3 aromatic rings. The monoisotopic (exact) mass is 381 g/mol. The third kappa shape index (κ3) is 3.19. The normalized spacial score (nSPS) is 12.9. The Hall–Kier alpha value is -3.12. The summed E-state index contributed by atoms with van der Waals surface area (Å²) in [4.78, 5) is 25.8. The van der Waals surface area contributed by atoms with Gasteiger partial charge in [0.1, 0.15) is 0 Å². The van der Waals surface area contributed by atoms with Crippen LogP contribution in [-0.2, 0) is 13.1 Å². The standard InChI is InChI=1S/C20H16ClN3O3/c1-12-18(11-24(22-12)17-6-4-16(21)5-7-17)19(25)23-9-14-3-2-13(20(26)27)8-15(14)10-23/h2-8,11H,9-10H2,1H3,(H,26,27). The van der Waals surface area contributed by atoms with Gasteiger partial charge in [-0.05, 0) is 54.4 Å². The van der Waals surface area contributed by atoms with E-state index in [1.165, 1.54) is 0 Å². The first kappa shape index (κ1) is 17.3. The summed E-state index contributed by atoms with van der Waals surface area (Å²) in [5.74, 6) is -1.09. The van der Waals surface area contributed by atoms with Crippen LogP contribution in [0.3, 0.4) is 0 Å². The molecule has 6 nitrogen and oxygen atoms in total. The van der Waals surface area contributed by atoms with Crippen molar-refractivity contribution in [3.63, 3.8) is 0 Å². The predicted molar refractivity (Wildman–Crippen MR) is 100 cm³/mol. The first-order valence-corrected chi connectivity index (χ1v) is 8.77. The zero-order chi connectivity index (χ0) is 19.1. The van der Waals surface area contributed by atoms with Crippen molar-refractivity contribution < 1.29 is 14.7 Å². The van der Waals surface area contributed by atoms with Crippen molar-refractivity contribution in [3.05, 3.63) is 81.6 Å². The molecule has 1 aliphatic rings. The number of nitrogens with zero attached hydrogens (tertiary/aromatic N) is 3. The van der Waals surface area contributed by atoms with E-state index >= 15 is 0 Å². The molecule has 0 fully saturated rings. The van der Waals surface area contributed by atoms with Gasteiger partial charge >= 0.3 is 5.97 Å². The molecule has 1 aliphatic heterocycles. The van der Waals surface area contributed by atoms with Crippen molar-refractivity contribution in [2.45, 2.75) is 20.0 Å². The molecule has 0 saturated heterocycles. The van der Waals surface area contributed by atoms with E-state index in [0.29, 0.717) is 29.4 Å². The van der Waals surface area contributed by atoms with Gasteiger partial charge in [0.15, 0.2) is 0 Å². The van der Waals surface area contributed by atoms with Crippen LogP contribution in [0.15, 0.2) is 48.7 Å². The number of amides is 1. The van der Waals surface area contributed by atoms with Crippen molar-refractivity contribution >= 4 is 23.5 Å². The third-order valence-corrected chi connectivity index (χ3v) is 4.94. The molecule has 7 heteroatoms. The van der Waals surface area contributed by atoms with Crippen molar-refractivity contribution in [1.29, 1.82) is 0 Å². The smallest absolute Gasteiger partial charge is 0.335 e. The van der Waals surface area contributed by atoms with E-state index in [1.807, 2.05) is 12.1 Å². The van der Waals surface area contributed by atoms with Crippen molar-refractivity contribution in [1.82, 2.24) is 14.7 Å². The Balaban J connectivity index is 1.59. The lowest BCUT2D eigenvalue weighted by Gasteiger charge is -2.14. The van der Waals surface area contributed by atoms with Crippen LogP contribution in [0, 0.1) is 6.92 Å². The van der Waals surface area contributed by atoms with E-state index in [1.54, 1.807) is 53.0 Å². The maximum absolute atomic E-state index is 13.0. The van der Waals surface area contributed by atoms with Gasteiger partial charge in [0, 0.05) is 24.3 Å². The van der Waals surface area contributed by atoms with E-state index in [9.17, 15) is 9.59 Å². The number of carbonyl (C=O) groups excluding carboxylic acids is 1. The summed E-state index contributed by atoms with van der Waals surface area (Å²) in [5, 5.41) is 14.2. The Morgan fingerprint density at radius 1 is 1.07 bits per heavy atom. The summed E-state index contributed by atoms with van der Waals surface area (Å²) < 4.78 is 1.66. The second-order valence-electron chi connectivity index (χ2n) is 6.50. The van der Waals surface area contributed by atoms with Gasteiger partial charge in [-0.25, -0.2) is 9.48 Å². The van der Waals surface area contributed by atoms with Gasteiger partial charge in [-0.2, -0.15) is 5.10 Å². The summed E-state index contributed by atoms with van der Waals surface area (Å²) >= 11 is 5.92. The van der Waals surface area contributed by atoms with Crippen molar-refractivity contribution in [3.8, 4) is 5.69 Å². The van der Waals surface area contributed by atoms with Gasteiger partial charge in [-0.15, -0.1) is 0 Å². The van der Waals surface area contributed by atoms with Crippen LogP contribution in [0.2, 0.25) is 5.02 Å². The lowest BCUT2D eigenvalue weighted by atomic mass is 10.1. The van der Waals surface area contributed by atoms with Crippen molar-refractivity contribution in [2.75, 3.05) is 0 Å². The maximum Gasteiger partial charge on any atom is 0.335 e. The van der Waals surface area contributed by atoms with E-state index in [-0.39, 0.29) is 11.5 Å². The second kappa shape index (κ2) is 6.55. The molecule has 2 aromatic carbocycles. The van der Waals surface area contributed by atoms with Gasteiger partial charge in [0.05, 0.1) is 22.5 Å². The lowest BCUT2D eigenvalue weighted by molar-refractivity contribution is 0.0696. The highest BCUT2D eigenvalue weighted by Gasteiger charge is 2.27. The average molecular weight is 382 g/mol. The summed E-state index contributed by atoms with van der Waals surface area (Å²) in [6.45, 7) is 2.64.